The number of anilines is 1. The van der Waals surface area contributed by atoms with Crippen LogP contribution in [0.3, 0.4) is 0 Å². The van der Waals surface area contributed by atoms with Gasteiger partial charge >= 0.3 is 5.91 Å². The van der Waals surface area contributed by atoms with Crippen molar-refractivity contribution in [3.05, 3.63) is 71.0 Å². The molecular weight excluding hydrogens is 474 g/mol. The number of carbonyl (C=O) groups excluding carboxylic acids is 3. The summed E-state index contributed by atoms with van der Waals surface area (Å²) in [5.41, 5.74) is 5.72. The van der Waals surface area contributed by atoms with Crippen molar-refractivity contribution in [1.82, 2.24) is 20.6 Å². The maximum atomic E-state index is 12.6. The fourth-order valence-electron chi connectivity index (χ4n) is 3.24. The van der Waals surface area contributed by atoms with E-state index in [1.807, 2.05) is 6.92 Å². The van der Waals surface area contributed by atoms with Crippen molar-refractivity contribution in [3.63, 3.8) is 0 Å². The van der Waals surface area contributed by atoms with E-state index in [4.69, 9.17) is 4.74 Å². The van der Waals surface area contributed by atoms with E-state index >= 15 is 0 Å². The molecule has 35 heavy (non-hydrogen) atoms. The summed E-state index contributed by atoms with van der Waals surface area (Å²) in [6.07, 6.45) is 0. The molecule has 3 N–H and O–H groups in total. The highest BCUT2D eigenvalue weighted by molar-refractivity contribution is 7.92. The van der Waals surface area contributed by atoms with Crippen molar-refractivity contribution in [3.8, 4) is 5.75 Å². The lowest BCUT2D eigenvalue weighted by molar-refractivity contribution is -0.117. The fraction of sp³-hybridized carbons (Fsp3) is 0.217. The SMILES string of the molecule is CCOc1ccc(S(=O)(=O)Nc2ccc(C(=O)NNC(=O)C(=O)c3c(C)nn(C)c3C)cc2)cc1. The largest absolute Gasteiger partial charge is 0.494 e. The molecule has 0 atom stereocenters. The quantitative estimate of drug-likeness (QED) is 0.243. The summed E-state index contributed by atoms with van der Waals surface area (Å²) in [4.78, 5) is 37.0. The van der Waals surface area contributed by atoms with Crippen LogP contribution < -0.4 is 20.3 Å². The predicted octanol–water partition coefficient (Wildman–Crippen LogP) is 1.88. The lowest BCUT2D eigenvalue weighted by Crippen LogP contribution is -2.45. The van der Waals surface area contributed by atoms with Crippen molar-refractivity contribution in [1.29, 1.82) is 0 Å². The van der Waals surface area contributed by atoms with Gasteiger partial charge in [-0.15, -0.1) is 0 Å². The van der Waals surface area contributed by atoms with Crippen LogP contribution in [0.2, 0.25) is 0 Å². The van der Waals surface area contributed by atoms with Gasteiger partial charge in [0.2, 0.25) is 0 Å². The molecule has 0 saturated carbocycles. The molecule has 2 aromatic carbocycles. The molecule has 0 aliphatic rings. The Labute approximate surface area is 202 Å². The molecule has 184 valence electrons. The van der Waals surface area contributed by atoms with E-state index in [0.717, 1.165) is 0 Å². The van der Waals surface area contributed by atoms with E-state index < -0.39 is 27.6 Å². The minimum Gasteiger partial charge on any atom is -0.494 e. The minimum absolute atomic E-state index is 0.0502. The van der Waals surface area contributed by atoms with Gasteiger partial charge in [0.15, 0.2) is 0 Å². The number of ketones is 1. The van der Waals surface area contributed by atoms with E-state index in [9.17, 15) is 22.8 Å². The van der Waals surface area contributed by atoms with Gasteiger partial charge in [-0.3, -0.25) is 34.6 Å². The molecule has 0 aliphatic heterocycles. The van der Waals surface area contributed by atoms with Crippen LogP contribution in [0.5, 0.6) is 5.75 Å². The zero-order valence-electron chi connectivity index (χ0n) is 19.6. The van der Waals surface area contributed by atoms with Crippen LogP contribution in [0.1, 0.15) is 39.0 Å². The second-order valence-corrected chi connectivity index (χ2v) is 9.18. The molecule has 0 fully saturated rings. The molecule has 1 aromatic heterocycles. The summed E-state index contributed by atoms with van der Waals surface area (Å²) >= 11 is 0. The second kappa shape index (κ2) is 10.4. The average Bonchev–Trinajstić information content (AvgIpc) is 3.08. The molecule has 0 saturated heterocycles. The smallest absolute Gasteiger partial charge is 0.310 e. The standard InChI is InChI=1S/C23H25N5O6S/c1-5-34-18-10-12-19(13-11-18)35(32,33)27-17-8-6-16(7-9-17)22(30)24-25-23(31)21(29)20-14(2)26-28(4)15(20)3/h6-13,27H,5H2,1-4H3,(H,24,30)(H,25,31). The Morgan fingerprint density at radius 3 is 2.14 bits per heavy atom. The van der Waals surface area contributed by atoms with Crippen molar-refractivity contribution in [2.24, 2.45) is 7.05 Å². The van der Waals surface area contributed by atoms with Gasteiger partial charge in [0.05, 0.1) is 22.8 Å². The van der Waals surface area contributed by atoms with Crippen LogP contribution in [0.4, 0.5) is 5.69 Å². The maximum absolute atomic E-state index is 12.6. The van der Waals surface area contributed by atoms with Crippen molar-refractivity contribution in [2.45, 2.75) is 25.7 Å². The Balaban J connectivity index is 1.60. The van der Waals surface area contributed by atoms with E-state index in [2.05, 4.69) is 20.7 Å². The lowest BCUT2D eigenvalue weighted by atomic mass is 10.1. The third kappa shape index (κ3) is 5.84. The number of hydrazine groups is 1. The fourth-order valence-corrected chi connectivity index (χ4v) is 4.30. The number of hydrogen-bond acceptors (Lipinski definition) is 7. The Morgan fingerprint density at radius 1 is 0.971 bits per heavy atom. The Bertz CT molecular complexity index is 1360. The lowest BCUT2D eigenvalue weighted by Gasteiger charge is -2.10. The van der Waals surface area contributed by atoms with Gasteiger partial charge in [0, 0.05) is 24.0 Å². The summed E-state index contributed by atoms with van der Waals surface area (Å²) in [5.74, 6) is -1.97. The molecule has 0 bridgehead atoms. The van der Waals surface area contributed by atoms with Crippen LogP contribution >= 0.6 is 0 Å². The maximum Gasteiger partial charge on any atom is 0.310 e. The van der Waals surface area contributed by atoms with Crippen molar-refractivity contribution in [2.75, 3.05) is 11.3 Å². The van der Waals surface area contributed by atoms with Gasteiger partial charge in [-0.1, -0.05) is 0 Å². The number of carbonyl (C=O) groups is 3. The minimum atomic E-state index is -3.85. The monoisotopic (exact) mass is 499 g/mol. The van der Waals surface area contributed by atoms with Crippen LogP contribution in [0.25, 0.3) is 0 Å². The van der Waals surface area contributed by atoms with E-state index in [0.29, 0.717) is 23.7 Å². The summed E-state index contributed by atoms with van der Waals surface area (Å²) in [5, 5.41) is 4.10. The van der Waals surface area contributed by atoms with Crippen molar-refractivity contribution >= 4 is 33.3 Å². The number of amides is 2. The third-order valence-corrected chi connectivity index (χ3v) is 6.47. The molecule has 3 rings (SSSR count). The van der Waals surface area contributed by atoms with E-state index in [-0.39, 0.29) is 21.7 Å². The van der Waals surface area contributed by atoms with E-state index in [1.165, 1.54) is 41.1 Å². The molecule has 1 heterocycles. The topological polar surface area (TPSA) is 148 Å². The molecule has 0 radical (unpaired) electrons. The molecule has 0 aliphatic carbocycles. The Morgan fingerprint density at radius 2 is 1.60 bits per heavy atom. The zero-order chi connectivity index (χ0) is 25.8. The van der Waals surface area contributed by atoms with Gasteiger partial charge in [-0.05, 0) is 69.3 Å². The first-order valence-corrected chi connectivity index (χ1v) is 12.0. The number of rotatable bonds is 8. The highest BCUT2D eigenvalue weighted by atomic mass is 32.2. The number of Topliss-reactive ketones (excluding diaryl/α,β-unsaturated/α-hetero) is 1. The molecular formula is C23H25N5O6S. The number of sulfonamides is 1. The molecule has 0 spiro atoms. The number of hydrogen-bond donors (Lipinski definition) is 3. The summed E-state index contributed by atoms with van der Waals surface area (Å²) in [6, 6.07) is 11.5. The predicted molar refractivity (Wildman–Crippen MR) is 127 cm³/mol. The first kappa shape index (κ1) is 25.4. The number of nitrogens with zero attached hydrogens (tertiary/aromatic N) is 2. The average molecular weight is 500 g/mol. The van der Waals surface area contributed by atoms with Gasteiger partial charge in [0.25, 0.3) is 21.7 Å². The first-order valence-electron chi connectivity index (χ1n) is 10.5. The Kier molecular flexibility index (Phi) is 7.55. The number of nitrogens with one attached hydrogen (secondary N) is 3. The normalized spacial score (nSPS) is 11.0. The van der Waals surface area contributed by atoms with E-state index in [1.54, 1.807) is 33.0 Å². The van der Waals surface area contributed by atoms with Gasteiger partial charge in [0.1, 0.15) is 5.75 Å². The number of aromatic nitrogens is 2. The number of benzene rings is 2. The molecule has 2 amide bonds. The third-order valence-electron chi connectivity index (χ3n) is 5.08. The van der Waals surface area contributed by atoms with Gasteiger partial charge in [-0.25, -0.2) is 8.42 Å². The van der Waals surface area contributed by atoms with Crippen LogP contribution in [0, 0.1) is 13.8 Å². The summed E-state index contributed by atoms with van der Waals surface area (Å²) in [7, 11) is -2.19. The molecule has 0 unspecified atom stereocenters. The highest BCUT2D eigenvalue weighted by Gasteiger charge is 2.24. The van der Waals surface area contributed by atoms with Crippen LogP contribution in [0.15, 0.2) is 53.4 Å². The van der Waals surface area contributed by atoms with Gasteiger partial charge in [-0.2, -0.15) is 5.10 Å². The second-order valence-electron chi connectivity index (χ2n) is 7.49. The van der Waals surface area contributed by atoms with Gasteiger partial charge < -0.3 is 4.74 Å². The van der Waals surface area contributed by atoms with Crippen LogP contribution in [-0.4, -0.2) is 42.4 Å². The molecule has 3 aromatic rings. The van der Waals surface area contributed by atoms with Crippen molar-refractivity contribution < 1.29 is 27.5 Å². The zero-order valence-corrected chi connectivity index (χ0v) is 20.4. The molecule has 11 nitrogen and oxygen atoms in total. The summed E-state index contributed by atoms with van der Waals surface area (Å²) in [6.45, 7) is 5.56. The molecule has 12 heteroatoms. The number of ether oxygens (including phenoxy) is 1. The number of aryl methyl sites for hydroxylation is 2. The Hall–Kier alpha value is -4.19. The summed E-state index contributed by atoms with van der Waals surface area (Å²) < 4.78 is 34.4. The highest BCUT2D eigenvalue weighted by Crippen LogP contribution is 2.20. The first-order chi connectivity index (χ1) is 16.5. The van der Waals surface area contributed by atoms with Crippen LogP contribution in [-0.2, 0) is 21.9 Å².